The summed E-state index contributed by atoms with van der Waals surface area (Å²) in [4.78, 5) is 16.6. The van der Waals surface area contributed by atoms with Crippen LogP contribution in [0.3, 0.4) is 0 Å². The number of rotatable bonds is 4. The van der Waals surface area contributed by atoms with Crippen molar-refractivity contribution in [1.82, 2.24) is 10.3 Å². The van der Waals surface area contributed by atoms with E-state index in [1.807, 2.05) is 17.5 Å². The highest BCUT2D eigenvalue weighted by molar-refractivity contribution is 7.91. The normalized spacial score (nSPS) is 21.7. The number of sulfone groups is 1. The summed E-state index contributed by atoms with van der Waals surface area (Å²) in [5.41, 5.74) is 2.33. The minimum absolute atomic E-state index is 0.0290. The molecule has 26 heavy (non-hydrogen) atoms. The Morgan fingerprint density at radius 3 is 2.54 bits per heavy atom. The van der Waals surface area contributed by atoms with Crippen molar-refractivity contribution in [3.05, 3.63) is 35.2 Å². The molecular weight excluding hydrogens is 370 g/mol. The number of hydrogen-bond acceptors (Lipinski definition) is 5. The Bertz CT molecular complexity index is 904. The second-order valence-corrected chi connectivity index (χ2v) is 10.3. The summed E-state index contributed by atoms with van der Waals surface area (Å²) in [7, 11) is -3.07. The van der Waals surface area contributed by atoms with E-state index in [9.17, 15) is 13.2 Å². The summed E-state index contributed by atoms with van der Waals surface area (Å²) in [6.45, 7) is 6.05. The van der Waals surface area contributed by atoms with Gasteiger partial charge in [-0.1, -0.05) is 38.1 Å². The zero-order valence-corrected chi connectivity index (χ0v) is 16.7. The Morgan fingerprint density at radius 1 is 1.27 bits per heavy atom. The highest BCUT2D eigenvalue weighted by Crippen LogP contribution is 2.27. The average Bonchev–Trinajstić information content (AvgIpc) is 3.11. The Hall–Kier alpha value is -1.93. The molecule has 0 aliphatic carbocycles. The maximum absolute atomic E-state index is 12.2. The van der Waals surface area contributed by atoms with Gasteiger partial charge in [0.1, 0.15) is 0 Å². The number of benzene rings is 1. The summed E-state index contributed by atoms with van der Waals surface area (Å²) in [6, 6.07) is 7.79. The lowest BCUT2D eigenvalue weighted by Crippen LogP contribution is -2.48. The van der Waals surface area contributed by atoms with E-state index in [0.717, 1.165) is 11.3 Å². The van der Waals surface area contributed by atoms with Gasteiger partial charge in [-0.3, -0.25) is 5.32 Å². The van der Waals surface area contributed by atoms with E-state index < -0.39 is 21.4 Å². The zero-order valence-electron chi connectivity index (χ0n) is 15.1. The smallest absolute Gasteiger partial charge is 0.321 e. The van der Waals surface area contributed by atoms with Gasteiger partial charge in [0.15, 0.2) is 15.0 Å². The number of urea groups is 1. The Morgan fingerprint density at radius 2 is 1.96 bits per heavy atom. The number of hydrogen-bond donors (Lipinski definition) is 2. The van der Waals surface area contributed by atoms with Crippen LogP contribution in [0.4, 0.5) is 9.93 Å². The first kappa shape index (κ1) is 18.8. The molecule has 3 rings (SSSR count). The molecule has 0 bridgehead atoms. The molecule has 140 valence electrons. The Kier molecular flexibility index (Phi) is 5.07. The van der Waals surface area contributed by atoms with Crippen LogP contribution in [0.25, 0.3) is 11.3 Å². The van der Waals surface area contributed by atoms with Gasteiger partial charge in [-0.15, -0.1) is 11.3 Å². The van der Waals surface area contributed by atoms with Crippen LogP contribution in [-0.2, 0) is 9.84 Å². The van der Waals surface area contributed by atoms with Crippen molar-refractivity contribution < 1.29 is 13.2 Å². The molecule has 1 aromatic carbocycles. The van der Waals surface area contributed by atoms with Gasteiger partial charge in [0.25, 0.3) is 0 Å². The summed E-state index contributed by atoms with van der Waals surface area (Å²) < 4.78 is 23.3. The molecule has 1 saturated heterocycles. The Balaban J connectivity index is 1.64. The minimum Gasteiger partial charge on any atom is -0.332 e. The fourth-order valence-corrected chi connectivity index (χ4v) is 5.82. The van der Waals surface area contributed by atoms with Gasteiger partial charge in [0.05, 0.1) is 22.7 Å². The SMILES string of the molecule is CC(C)c1ccc(-c2csc(NC(=O)N[C@@]3(C)CCS(=O)(=O)C3)n2)cc1. The van der Waals surface area contributed by atoms with Crippen molar-refractivity contribution in [3.8, 4) is 11.3 Å². The molecule has 6 nitrogen and oxygen atoms in total. The number of anilines is 1. The number of nitrogens with one attached hydrogen (secondary N) is 2. The molecule has 1 atom stereocenters. The molecular formula is C18H23N3O3S2. The van der Waals surface area contributed by atoms with Crippen LogP contribution in [0.15, 0.2) is 29.6 Å². The number of thiazole rings is 1. The van der Waals surface area contributed by atoms with E-state index in [0.29, 0.717) is 17.5 Å². The van der Waals surface area contributed by atoms with Crippen LogP contribution in [0.2, 0.25) is 0 Å². The van der Waals surface area contributed by atoms with Crippen molar-refractivity contribution >= 4 is 32.3 Å². The van der Waals surface area contributed by atoms with Crippen molar-refractivity contribution in [2.24, 2.45) is 0 Å². The lowest BCUT2D eigenvalue weighted by molar-refractivity contribution is 0.242. The van der Waals surface area contributed by atoms with Crippen molar-refractivity contribution in [3.63, 3.8) is 0 Å². The standard InChI is InChI=1S/C18H23N3O3S2/c1-12(2)13-4-6-14(7-5-13)15-10-25-17(19-15)20-16(22)21-18(3)8-9-26(23,24)11-18/h4-7,10,12H,8-9,11H2,1-3H3,(H2,19,20,21,22)/t18-/m0/s1. The maximum Gasteiger partial charge on any atom is 0.321 e. The molecule has 2 aromatic rings. The molecule has 1 aliphatic rings. The van der Waals surface area contributed by atoms with Crippen LogP contribution in [0, 0.1) is 0 Å². The molecule has 0 radical (unpaired) electrons. The molecule has 0 unspecified atom stereocenters. The number of nitrogens with zero attached hydrogens (tertiary/aromatic N) is 1. The summed E-state index contributed by atoms with van der Waals surface area (Å²) in [5, 5.41) is 7.84. The van der Waals surface area contributed by atoms with E-state index in [4.69, 9.17) is 0 Å². The fourth-order valence-electron chi connectivity index (χ4n) is 3.01. The highest BCUT2D eigenvalue weighted by Gasteiger charge is 2.39. The summed E-state index contributed by atoms with van der Waals surface area (Å²) >= 11 is 1.34. The zero-order chi connectivity index (χ0) is 18.9. The van der Waals surface area contributed by atoms with Crippen molar-refractivity contribution in [2.45, 2.75) is 38.6 Å². The van der Waals surface area contributed by atoms with Crippen LogP contribution in [0.1, 0.15) is 38.7 Å². The topological polar surface area (TPSA) is 88.2 Å². The van der Waals surface area contributed by atoms with Crippen LogP contribution in [-0.4, -0.2) is 36.5 Å². The summed E-state index contributed by atoms with van der Waals surface area (Å²) in [6.07, 6.45) is 0.425. The first-order chi connectivity index (χ1) is 12.2. The third-order valence-corrected chi connectivity index (χ3v) is 7.18. The molecule has 1 fully saturated rings. The molecule has 2 heterocycles. The molecule has 2 N–H and O–H groups in total. The van der Waals surface area contributed by atoms with Gasteiger partial charge in [0.2, 0.25) is 0 Å². The van der Waals surface area contributed by atoms with Gasteiger partial charge < -0.3 is 5.32 Å². The number of carbonyl (C=O) groups excluding carboxylic acids is 1. The van der Waals surface area contributed by atoms with Gasteiger partial charge in [0, 0.05) is 10.9 Å². The largest absolute Gasteiger partial charge is 0.332 e. The molecule has 1 aromatic heterocycles. The molecule has 2 amide bonds. The predicted molar refractivity (Wildman–Crippen MR) is 105 cm³/mol. The van der Waals surface area contributed by atoms with E-state index in [1.165, 1.54) is 16.9 Å². The van der Waals surface area contributed by atoms with Crippen LogP contribution >= 0.6 is 11.3 Å². The first-order valence-electron chi connectivity index (χ1n) is 8.51. The predicted octanol–water partition coefficient (Wildman–Crippen LogP) is 3.63. The number of amides is 2. The van der Waals surface area contributed by atoms with Gasteiger partial charge in [-0.05, 0) is 24.8 Å². The van der Waals surface area contributed by atoms with Crippen LogP contribution in [0.5, 0.6) is 0 Å². The second kappa shape index (κ2) is 7.00. The van der Waals surface area contributed by atoms with E-state index in [2.05, 4.69) is 41.6 Å². The second-order valence-electron chi connectivity index (χ2n) is 7.30. The van der Waals surface area contributed by atoms with Crippen molar-refractivity contribution in [2.75, 3.05) is 16.8 Å². The average molecular weight is 394 g/mol. The molecule has 1 aliphatic heterocycles. The van der Waals surface area contributed by atoms with Gasteiger partial charge in [-0.25, -0.2) is 18.2 Å². The number of aromatic nitrogens is 1. The first-order valence-corrected chi connectivity index (χ1v) is 11.2. The van der Waals surface area contributed by atoms with E-state index in [1.54, 1.807) is 6.92 Å². The third-order valence-electron chi connectivity index (χ3n) is 4.52. The lowest BCUT2D eigenvalue weighted by Gasteiger charge is -2.23. The summed E-state index contributed by atoms with van der Waals surface area (Å²) in [5.74, 6) is 0.553. The lowest BCUT2D eigenvalue weighted by atomic mass is 10.0. The highest BCUT2D eigenvalue weighted by atomic mass is 32.2. The van der Waals surface area contributed by atoms with Gasteiger partial charge >= 0.3 is 6.03 Å². The fraction of sp³-hybridized carbons (Fsp3) is 0.444. The molecule has 8 heteroatoms. The maximum atomic E-state index is 12.2. The minimum atomic E-state index is -3.07. The quantitative estimate of drug-likeness (QED) is 0.830. The monoisotopic (exact) mass is 393 g/mol. The molecule has 0 spiro atoms. The van der Waals surface area contributed by atoms with E-state index in [-0.39, 0.29) is 11.5 Å². The third kappa shape index (κ3) is 4.42. The van der Waals surface area contributed by atoms with Gasteiger partial charge in [-0.2, -0.15) is 0 Å². The molecule has 0 saturated carbocycles. The van der Waals surface area contributed by atoms with Crippen LogP contribution < -0.4 is 10.6 Å². The Labute approximate surface area is 158 Å². The number of carbonyl (C=O) groups is 1. The van der Waals surface area contributed by atoms with Crippen molar-refractivity contribution in [1.29, 1.82) is 0 Å². The van der Waals surface area contributed by atoms with E-state index >= 15 is 0 Å².